The van der Waals surface area contributed by atoms with Gasteiger partial charge in [0.05, 0.1) is 11.8 Å². The minimum Gasteiger partial charge on any atom is -0.393 e. The Balaban J connectivity index is 1.35. The lowest BCUT2D eigenvalue weighted by molar-refractivity contribution is 0.0996. The molecule has 0 atom stereocenters. The molecule has 2 aliphatic carbocycles. The van der Waals surface area contributed by atoms with E-state index in [1.807, 2.05) is 6.92 Å². The van der Waals surface area contributed by atoms with E-state index in [-0.39, 0.29) is 17.8 Å². The molecule has 3 fully saturated rings. The maximum atomic E-state index is 12.3. The van der Waals surface area contributed by atoms with Gasteiger partial charge < -0.3 is 26.4 Å². The van der Waals surface area contributed by atoms with E-state index in [0.29, 0.717) is 23.5 Å². The molecular weight excluding hydrogens is 464 g/mol. The Labute approximate surface area is 220 Å². The van der Waals surface area contributed by atoms with E-state index >= 15 is 0 Å². The number of hydrogen-bond donors (Lipinski definition) is 4. The largest absolute Gasteiger partial charge is 0.393 e. The molecule has 1 spiro atoms. The molecule has 5 rings (SSSR count). The van der Waals surface area contributed by atoms with Gasteiger partial charge in [0.25, 0.3) is 5.91 Å². The summed E-state index contributed by atoms with van der Waals surface area (Å²) in [6.45, 7) is 6.42. The predicted molar refractivity (Wildman–Crippen MR) is 149 cm³/mol. The minimum atomic E-state index is -0.597. The van der Waals surface area contributed by atoms with Gasteiger partial charge in [-0.1, -0.05) is 26.2 Å². The number of primary amides is 1. The molecule has 0 unspecified atom stereocenters. The zero-order valence-corrected chi connectivity index (χ0v) is 22.4. The zero-order chi connectivity index (χ0) is 26.0. The molecule has 1 aliphatic heterocycles. The number of aliphatic hydroxyl groups is 1. The molecule has 3 aliphatic rings. The summed E-state index contributed by atoms with van der Waals surface area (Å²) in [5.74, 6) is 0.456. The van der Waals surface area contributed by atoms with Crippen LogP contribution in [0, 0.1) is 12.3 Å². The Morgan fingerprint density at radius 2 is 1.86 bits per heavy atom. The van der Waals surface area contributed by atoms with E-state index in [9.17, 15) is 9.90 Å². The van der Waals surface area contributed by atoms with Crippen molar-refractivity contribution in [2.45, 2.75) is 96.6 Å². The van der Waals surface area contributed by atoms with Crippen molar-refractivity contribution in [2.75, 3.05) is 28.6 Å². The van der Waals surface area contributed by atoms with Crippen molar-refractivity contribution in [3.63, 3.8) is 0 Å². The number of benzene rings is 1. The third-order valence-electron chi connectivity index (χ3n) is 8.73. The summed E-state index contributed by atoms with van der Waals surface area (Å²) in [4.78, 5) is 24.2. The Bertz CT molecular complexity index is 1120. The highest BCUT2D eigenvalue weighted by Gasteiger charge is 2.39. The fourth-order valence-corrected chi connectivity index (χ4v) is 6.58. The number of nitrogens with zero attached hydrogens (tertiary/aromatic N) is 3. The zero-order valence-electron chi connectivity index (χ0n) is 22.4. The molecule has 200 valence electrons. The van der Waals surface area contributed by atoms with Gasteiger partial charge >= 0.3 is 0 Å². The Morgan fingerprint density at radius 1 is 1.11 bits per heavy atom. The average Bonchev–Trinajstić information content (AvgIpc) is 3.28. The van der Waals surface area contributed by atoms with E-state index < -0.39 is 5.91 Å². The number of carbonyl (C=O) groups excluding carboxylic acids is 1. The highest BCUT2D eigenvalue weighted by Crippen LogP contribution is 2.45. The van der Waals surface area contributed by atoms with Crippen LogP contribution in [0.2, 0.25) is 0 Å². The molecule has 2 heterocycles. The second-order valence-electron chi connectivity index (χ2n) is 11.4. The molecule has 8 nitrogen and oxygen atoms in total. The summed E-state index contributed by atoms with van der Waals surface area (Å²) in [6.07, 6.45) is 11.9. The lowest BCUT2D eigenvalue weighted by Crippen LogP contribution is -2.29. The van der Waals surface area contributed by atoms with Gasteiger partial charge in [-0.25, -0.2) is 9.97 Å². The molecule has 0 bridgehead atoms. The summed E-state index contributed by atoms with van der Waals surface area (Å²) in [5, 5.41) is 16.7. The molecule has 2 saturated carbocycles. The van der Waals surface area contributed by atoms with Crippen LogP contribution in [-0.2, 0) is 6.42 Å². The molecule has 8 heteroatoms. The van der Waals surface area contributed by atoms with Crippen molar-refractivity contribution in [1.82, 2.24) is 9.97 Å². The monoisotopic (exact) mass is 506 g/mol. The van der Waals surface area contributed by atoms with Crippen LogP contribution < -0.4 is 21.3 Å². The number of nitrogens with one attached hydrogen (secondary N) is 2. The standard InChI is InChI=1S/C29H42N6O2/c1-3-23-27(31-20-7-10-22(36)11-8-20)34-28(25(33-23)26(30)37)32-21-9-12-24(19(2)17-21)35-16-15-29(18-35)13-5-4-6-14-29/h9,12,17,20,22,36H,3-8,10-11,13-16,18H2,1-2H3,(H2,30,37)(H2,31,32,34)/t20-,22-. The first kappa shape index (κ1) is 25.8. The summed E-state index contributed by atoms with van der Waals surface area (Å²) in [7, 11) is 0. The van der Waals surface area contributed by atoms with Crippen molar-refractivity contribution in [2.24, 2.45) is 11.1 Å². The molecule has 5 N–H and O–H groups in total. The molecule has 1 saturated heterocycles. The number of rotatable bonds is 7. The summed E-state index contributed by atoms with van der Waals surface area (Å²) in [6, 6.07) is 6.59. The SMILES string of the molecule is CCc1nc(C(N)=O)c(Nc2ccc(N3CCC4(CCCCC4)C3)c(C)c2)nc1N[C@H]1CC[C@H](O)CC1. The van der Waals surface area contributed by atoms with E-state index in [1.165, 1.54) is 49.8 Å². The highest BCUT2D eigenvalue weighted by molar-refractivity contribution is 5.96. The second-order valence-corrected chi connectivity index (χ2v) is 11.4. The van der Waals surface area contributed by atoms with Crippen LogP contribution in [0.15, 0.2) is 18.2 Å². The number of aliphatic hydroxyl groups excluding tert-OH is 1. The van der Waals surface area contributed by atoms with Crippen molar-refractivity contribution in [1.29, 1.82) is 0 Å². The number of carbonyl (C=O) groups is 1. The third kappa shape index (κ3) is 5.69. The molecule has 37 heavy (non-hydrogen) atoms. The van der Waals surface area contributed by atoms with E-state index in [0.717, 1.165) is 50.2 Å². The first-order valence-corrected chi connectivity index (χ1v) is 14.1. The smallest absolute Gasteiger partial charge is 0.271 e. The normalized spacial score (nSPS) is 23.3. The maximum absolute atomic E-state index is 12.3. The number of aryl methyl sites for hydroxylation is 2. The number of hydrogen-bond acceptors (Lipinski definition) is 7. The van der Waals surface area contributed by atoms with Crippen LogP contribution in [0.3, 0.4) is 0 Å². The van der Waals surface area contributed by atoms with Gasteiger partial charge in [0, 0.05) is 30.5 Å². The fourth-order valence-electron chi connectivity index (χ4n) is 6.58. The van der Waals surface area contributed by atoms with Gasteiger partial charge in [-0.05, 0) is 87.5 Å². The van der Waals surface area contributed by atoms with Gasteiger partial charge in [-0.3, -0.25) is 4.79 Å². The lowest BCUT2D eigenvalue weighted by Gasteiger charge is -2.33. The highest BCUT2D eigenvalue weighted by atomic mass is 16.3. The number of aromatic nitrogens is 2. The van der Waals surface area contributed by atoms with Crippen LogP contribution >= 0.6 is 0 Å². The molecule has 1 aromatic heterocycles. The molecule has 1 amide bonds. The molecule has 2 aromatic rings. The Kier molecular flexibility index (Phi) is 7.56. The average molecular weight is 507 g/mol. The van der Waals surface area contributed by atoms with E-state index in [1.54, 1.807) is 0 Å². The summed E-state index contributed by atoms with van der Waals surface area (Å²) in [5.41, 5.74) is 10.5. The van der Waals surface area contributed by atoms with E-state index in [4.69, 9.17) is 10.7 Å². The van der Waals surface area contributed by atoms with Gasteiger partial charge in [0.1, 0.15) is 5.82 Å². The van der Waals surface area contributed by atoms with Gasteiger partial charge in [0.2, 0.25) is 0 Å². The second kappa shape index (κ2) is 10.9. The quantitative estimate of drug-likeness (QED) is 0.414. The van der Waals surface area contributed by atoms with Crippen LogP contribution in [0.4, 0.5) is 23.0 Å². The van der Waals surface area contributed by atoms with Crippen molar-refractivity contribution >= 4 is 28.9 Å². The lowest BCUT2D eigenvalue weighted by atomic mass is 9.73. The van der Waals surface area contributed by atoms with Crippen LogP contribution in [-0.4, -0.2) is 46.2 Å². The van der Waals surface area contributed by atoms with Crippen LogP contribution in [0.1, 0.15) is 92.9 Å². The van der Waals surface area contributed by atoms with Crippen molar-refractivity contribution in [3.05, 3.63) is 35.2 Å². The first-order valence-electron chi connectivity index (χ1n) is 14.1. The van der Waals surface area contributed by atoms with Gasteiger partial charge in [0.15, 0.2) is 11.5 Å². The predicted octanol–water partition coefficient (Wildman–Crippen LogP) is 5.07. The number of anilines is 4. The number of amides is 1. The van der Waals surface area contributed by atoms with Gasteiger partial charge in [-0.2, -0.15) is 0 Å². The maximum Gasteiger partial charge on any atom is 0.271 e. The Morgan fingerprint density at radius 3 is 2.54 bits per heavy atom. The first-order chi connectivity index (χ1) is 17.9. The topological polar surface area (TPSA) is 116 Å². The number of nitrogens with two attached hydrogens (primary N) is 1. The summed E-state index contributed by atoms with van der Waals surface area (Å²) < 4.78 is 0. The fraction of sp³-hybridized carbons (Fsp3) is 0.621. The van der Waals surface area contributed by atoms with E-state index in [2.05, 4.69) is 45.6 Å². The molecule has 1 aromatic carbocycles. The van der Waals surface area contributed by atoms with Crippen molar-refractivity contribution in [3.8, 4) is 0 Å². The molecule has 0 radical (unpaired) electrons. The summed E-state index contributed by atoms with van der Waals surface area (Å²) >= 11 is 0. The van der Waals surface area contributed by atoms with Crippen LogP contribution in [0.5, 0.6) is 0 Å². The third-order valence-corrected chi connectivity index (χ3v) is 8.73. The van der Waals surface area contributed by atoms with Crippen molar-refractivity contribution < 1.29 is 9.90 Å². The van der Waals surface area contributed by atoms with Crippen LogP contribution in [0.25, 0.3) is 0 Å². The van der Waals surface area contributed by atoms with Gasteiger partial charge in [-0.15, -0.1) is 0 Å². The minimum absolute atomic E-state index is 0.155. The Hall–Kier alpha value is -2.87. The molecular formula is C29H42N6O2.